The number of nitrogens with zero attached hydrogens (tertiary/aromatic N) is 3. The van der Waals surface area contributed by atoms with Crippen LogP contribution in [0.1, 0.15) is 25.3 Å². The molecule has 0 bridgehead atoms. The number of fused-ring (bicyclic) bond motifs is 1. The summed E-state index contributed by atoms with van der Waals surface area (Å²) in [7, 11) is 0. The molecule has 28 heavy (non-hydrogen) atoms. The van der Waals surface area contributed by atoms with Crippen molar-refractivity contribution >= 4 is 44.9 Å². The molecule has 0 radical (unpaired) electrons. The molecule has 3 aromatic rings. The molecule has 0 spiro atoms. The number of hydrogen-bond donors (Lipinski definition) is 0. The van der Waals surface area contributed by atoms with Crippen molar-refractivity contribution in [2.75, 3.05) is 5.75 Å². The maximum atomic E-state index is 12.3. The predicted molar refractivity (Wildman–Crippen MR) is 115 cm³/mol. The van der Waals surface area contributed by atoms with E-state index in [1.165, 1.54) is 29.0 Å². The number of carbonyl (C=O) groups is 1. The van der Waals surface area contributed by atoms with Gasteiger partial charge in [-0.15, -0.1) is 0 Å². The van der Waals surface area contributed by atoms with E-state index in [1.807, 2.05) is 41.5 Å². The van der Waals surface area contributed by atoms with Crippen LogP contribution in [0.25, 0.3) is 10.2 Å². The standard InChI is InChI=1S/C20H21N3O3S2/c1-2-22-17-11-10-16(23(25)26)13-18(17)28-20(22)21-19(24)9-6-12-27-14-15-7-4-3-5-8-15/h3-5,7-8,10-11,13H,2,6,9,12,14H2,1H3. The lowest BCUT2D eigenvalue weighted by Gasteiger charge is -2.01. The van der Waals surface area contributed by atoms with Crippen molar-refractivity contribution in [2.45, 2.75) is 32.1 Å². The molecule has 0 aliphatic heterocycles. The Hall–Kier alpha value is -2.45. The lowest BCUT2D eigenvalue weighted by atomic mass is 10.2. The van der Waals surface area contributed by atoms with E-state index < -0.39 is 4.92 Å². The van der Waals surface area contributed by atoms with Gasteiger partial charge in [-0.2, -0.15) is 16.8 Å². The van der Waals surface area contributed by atoms with Crippen molar-refractivity contribution in [1.82, 2.24) is 4.57 Å². The van der Waals surface area contributed by atoms with Crippen LogP contribution in [0.3, 0.4) is 0 Å². The van der Waals surface area contributed by atoms with Crippen LogP contribution in [0.15, 0.2) is 53.5 Å². The Bertz CT molecular complexity index is 1040. The molecule has 0 N–H and O–H groups in total. The van der Waals surface area contributed by atoms with Crippen molar-refractivity contribution in [2.24, 2.45) is 4.99 Å². The fraction of sp³-hybridized carbons (Fsp3) is 0.300. The Kier molecular flexibility index (Phi) is 7.00. The zero-order chi connectivity index (χ0) is 19.9. The van der Waals surface area contributed by atoms with Gasteiger partial charge in [0.05, 0.1) is 15.1 Å². The van der Waals surface area contributed by atoms with Crippen LogP contribution < -0.4 is 4.80 Å². The Morgan fingerprint density at radius 1 is 1.25 bits per heavy atom. The zero-order valence-corrected chi connectivity index (χ0v) is 17.2. The number of carbonyl (C=O) groups excluding carboxylic acids is 1. The molecule has 0 saturated carbocycles. The number of benzene rings is 2. The van der Waals surface area contributed by atoms with Gasteiger partial charge in [-0.3, -0.25) is 14.9 Å². The van der Waals surface area contributed by atoms with Crippen molar-refractivity contribution in [3.63, 3.8) is 0 Å². The molecule has 6 nitrogen and oxygen atoms in total. The summed E-state index contributed by atoms with van der Waals surface area (Å²) >= 11 is 3.13. The average Bonchev–Trinajstić information content (AvgIpc) is 3.04. The molecule has 0 aliphatic rings. The van der Waals surface area contributed by atoms with E-state index in [0.29, 0.717) is 17.8 Å². The summed E-state index contributed by atoms with van der Waals surface area (Å²) in [6, 6.07) is 15.0. The van der Waals surface area contributed by atoms with Crippen LogP contribution >= 0.6 is 23.1 Å². The number of hydrogen-bond acceptors (Lipinski definition) is 5. The molecule has 0 unspecified atom stereocenters. The first kappa shape index (κ1) is 20.3. The average molecular weight is 416 g/mol. The summed E-state index contributed by atoms with van der Waals surface area (Å²) in [6.07, 6.45) is 1.18. The smallest absolute Gasteiger partial charge is 0.270 e. The molecule has 0 saturated heterocycles. The fourth-order valence-corrected chi connectivity index (χ4v) is 4.88. The summed E-state index contributed by atoms with van der Waals surface area (Å²) in [5.41, 5.74) is 2.19. The van der Waals surface area contributed by atoms with Gasteiger partial charge in [-0.1, -0.05) is 41.7 Å². The van der Waals surface area contributed by atoms with E-state index in [0.717, 1.165) is 28.1 Å². The molecule has 0 atom stereocenters. The molecular weight excluding hydrogens is 394 g/mol. The van der Waals surface area contributed by atoms with Crippen molar-refractivity contribution in [3.05, 3.63) is 69.0 Å². The summed E-state index contributed by atoms with van der Waals surface area (Å²) in [6.45, 7) is 2.62. The van der Waals surface area contributed by atoms with Crippen LogP contribution in [0.2, 0.25) is 0 Å². The number of non-ortho nitro benzene ring substituents is 1. The third-order valence-electron chi connectivity index (χ3n) is 4.20. The number of aromatic nitrogens is 1. The van der Waals surface area contributed by atoms with Gasteiger partial charge in [-0.25, -0.2) is 0 Å². The number of nitro groups is 1. The first-order valence-electron chi connectivity index (χ1n) is 9.05. The molecule has 1 heterocycles. The Labute approximate surface area is 171 Å². The fourth-order valence-electron chi connectivity index (χ4n) is 2.82. The summed E-state index contributed by atoms with van der Waals surface area (Å²) in [5.74, 6) is 1.70. The largest absolute Gasteiger partial charge is 0.317 e. The maximum absolute atomic E-state index is 12.3. The third-order valence-corrected chi connectivity index (χ3v) is 6.36. The quantitative estimate of drug-likeness (QED) is 0.302. The second-order valence-corrected chi connectivity index (χ2v) is 8.30. The predicted octanol–water partition coefficient (Wildman–Crippen LogP) is 4.77. The zero-order valence-electron chi connectivity index (χ0n) is 15.5. The Morgan fingerprint density at radius 3 is 2.75 bits per heavy atom. The van der Waals surface area contributed by atoms with Gasteiger partial charge < -0.3 is 4.57 Å². The molecule has 146 valence electrons. The van der Waals surface area contributed by atoms with Gasteiger partial charge in [-0.05, 0) is 30.7 Å². The van der Waals surface area contributed by atoms with E-state index in [1.54, 1.807) is 6.07 Å². The SMILES string of the molecule is CCn1c(=NC(=O)CCCSCc2ccccc2)sc2cc([N+](=O)[O-])ccc21. The van der Waals surface area contributed by atoms with E-state index in [2.05, 4.69) is 17.1 Å². The molecular formula is C20H21N3O3S2. The van der Waals surface area contributed by atoms with E-state index in [4.69, 9.17) is 0 Å². The normalized spacial score (nSPS) is 11.8. The highest BCUT2D eigenvalue weighted by Gasteiger charge is 2.12. The number of nitro benzene ring substituents is 1. The molecule has 8 heteroatoms. The van der Waals surface area contributed by atoms with E-state index in [9.17, 15) is 14.9 Å². The summed E-state index contributed by atoms with van der Waals surface area (Å²) < 4.78 is 2.69. The van der Waals surface area contributed by atoms with Crippen LogP contribution in [0, 0.1) is 10.1 Å². The van der Waals surface area contributed by atoms with Gasteiger partial charge in [0.25, 0.3) is 5.69 Å². The van der Waals surface area contributed by atoms with Gasteiger partial charge >= 0.3 is 0 Å². The first-order chi connectivity index (χ1) is 13.6. The molecule has 2 aromatic carbocycles. The topological polar surface area (TPSA) is 77.5 Å². The summed E-state index contributed by atoms with van der Waals surface area (Å²) in [5, 5.41) is 11.0. The summed E-state index contributed by atoms with van der Waals surface area (Å²) in [4.78, 5) is 27.7. The monoisotopic (exact) mass is 415 g/mol. The number of aryl methyl sites for hydroxylation is 1. The van der Waals surface area contributed by atoms with Crippen LogP contribution in [0.4, 0.5) is 5.69 Å². The molecule has 3 rings (SSSR count). The minimum atomic E-state index is -0.412. The lowest BCUT2D eigenvalue weighted by Crippen LogP contribution is -2.15. The highest BCUT2D eigenvalue weighted by Crippen LogP contribution is 2.23. The number of thioether (sulfide) groups is 1. The highest BCUT2D eigenvalue weighted by atomic mass is 32.2. The molecule has 1 amide bonds. The number of amides is 1. The van der Waals surface area contributed by atoms with Crippen molar-refractivity contribution in [1.29, 1.82) is 0 Å². The van der Waals surface area contributed by atoms with Crippen LogP contribution in [0.5, 0.6) is 0 Å². The second-order valence-electron chi connectivity index (χ2n) is 6.19. The molecule has 0 aliphatic carbocycles. The van der Waals surface area contributed by atoms with Gasteiger partial charge in [0.15, 0.2) is 4.80 Å². The first-order valence-corrected chi connectivity index (χ1v) is 11.0. The maximum Gasteiger partial charge on any atom is 0.270 e. The van der Waals surface area contributed by atoms with Crippen molar-refractivity contribution in [3.8, 4) is 0 Å². The highest BCUT2D eigenvalue weighted by molar-refractivity contribution is 7.98. The minimum absolute atomic E-state index is 0.0466. The molecule has 1 aromatic heterocycles. The van der Waals surface area contributed by atoms with Gasteiger partial charge in [0.1, 0.15) is 0 Å². The third kappa shape index (κ3) is 5.08. The van der Waals surface area contributed by atoms with Gasteiger partial charge in [0.2, 0.25) is 5.91 Å². The van der Waals surface area contributed by atoms with E-state index >= 15 is 0 Å². The van der Waals surface area contributed by atoms with Gasteiger partial charge in [0, 0.05) is 30.9 Å². The lowest BCUT2D eigenvalue weighted by molar-refractivity contribution is -0.384. The van der Waals surface area contributed by atoms with Crippen LogP contribution in [-0.4, -0.2) is 21.2 Å². The van der Waals surface area contributed by atoms with Crippen molar-refractivity contribution < 1.29 is 9.72 Å². The Balaban J connectivity index is 1.62. The Morgan fingerprint density at radius 2 is 2.04 bits per heavy atom. The molecule has 0 fully saturated rings. The minimum Gasteiger partial charge on any atom is -0.317 e. The number of thiazole rings is 1. The van der Waals surface area contributed by atoms with Crippen LogP contribution in [-0.2, 0) is 17.1 Å². The second kappa shape index (κ2) is 9.66. The van der Waals surface area contributed by atoms with E-state index in [-0.39, 0.29) is 11.6 Å². The number of rotatable bonds is 8.